The maximum absolute atomic E-state index is 5.48. The highest BCUT2D eigenvalue weighted by atomic mass is 15.2. The van der Waals surface area contributed by atoms with Crippen molar-refractivity contribution in [1.29, 1.82) is 0 Å². The van der Waals surface area contributed by atoms with Crippen LogP contribution in [-0.2, 0) is 6.42 Å². The number of amidine groups is 1. The van der Waals surface area contributed by atoms with Crippen molar-refractivity contribution in [1.82, 2.24) is 5.43 Å². The van der Waals surface area contributed by atoms with Crippen molar-refractivity contribution in [3.8, 4) is 0 Å². The number of aliphatic imine (C=N–C) groups is 1. The molecule has 1 rings (SSSR count). The van der Waals surface area contributed by atoms with E-state index in [-0.39, 0.29) is 6.04 Å². The molecule has 0 aliphatic heterocycles. The van der Waals surface area contributed by atoms with Crippen molar-refractivity contribution < 1.29 is 0 Å². The second-order valence-corrected chi connectivity index (χ2v) is 4.42. The Balaban J connectivity index is 2.90. The maximum Gasteiger partial charge on any atom is 0.115 e. The van der Waals surface area contributed by atoms with E-state index in [2.05, 4.69) is 42.5 Å². The third-order valence-corrected chi connectivity index (χ3v) is 2.44. The van der Waals surface area contributed by atoms with E-state index in [1.165, 1.54) is 16.7 Å². The van der Waals surface area contributed by atoms with Crippen molar-refractivity contribution in [3.05, 3.63) is 34.9 Å². The van der Waals surface area contributed by atoms with E-state index in [1.807, 2.05) is 13.8 Å². The maximum atomic E-state index is 5.48. The van der Waals surface area contributed by atoms with Gasteiger partial charge in [-0.2, -0.15) is 0 Å². The molecule has 0 radical (unpaired) electrons. The number of nitrogens with two attached hydrogens (primary N) is 1. The van der Waals surface area contributed by atoms with Crippen LogP contribution in [0.4, 0.5) is 0 Å². The van der Waals surface area contributed by atoms with Crippen molar-refractivity contribution in [2.45, 2.75) is 40.2 Å². The number of nitrogens with zero attached hydrogens (tertiary/aromatic N) is 1. The molecule has 0 aliphatic rings. The quantitative estimate of drug-likeness (QED) is 0.354. The summed E-state index contributed by atoms with van der Waals surface area (Å²) in [5.74, 6) is 6.31. The lowest BCUT2D eigenvalue weighted by Gasteiger charge is -2.10. The van der Waals surface area contributed by atoms with Gasteiger partial charge < -0.3 is 5.43 Å². The Kier molecular flexibility index (Phi) is 4.50. The summed E-state index contributed by atoms with van der Waals surface area (Å²) in [6.07, 6.45) is 0.766. The average molecular weight is 219 g/mol. The summed E-state index contributed by atoms with van der Waals surface area (Å²) in [6.45, 7) is 8.29. The van der Waals surface area contributed by atoms with Gasteiger partial charge in [-0.05, 0) is 38.8 Å². The molecule has 16 heavy (non-hydrogen) atoms. The number of aryl methyl sites for hydroxylation is 2. The van der Waals surface area contributed by atoms with E-state index in [0.717, 1.165) is 12.3 Å². The van der Waals surface area contributed by atoms with Crippen molar-refractivity contribution in [2.75, 3.05) is 0 Å². The first-order valence-electron chi connectivity index (χ1n) is 5.62. The molecule has 3 heteroatoms. The van der Waals surface area contributed by atoms with Crippen molar-refractivity contribution in [3.63, 3.8) is 0 Å². The second kappa shape index (κ2) is 5.66. The van der Waals surface area contributed by atoms with E-state index in [4.69, 9.17) is 5.84 Å². The van der Waals surface area contributed by atoms with Crippen LogP contribution in [0.25, 0.3) is 0 Å². The molecule has 1 aromatic rings. The fourth-order valence-electron chi connectivity index (χ4n) is 1.62. The molecule has 3 nitrogen and oxygen atoms in total. The average Bonchev–Trinajstić information content (AvgIpc) is 2.21. The van der Waals surface area contributed by atoms with Crippen LogP contribution in [0.1, 0.15) is 30.5 Å². The molecule has 0 atom stereocenters. The fourth-order valence-corrected chi connectivity index (χ4v) is 1.62. The molecule has 3 N–H and O–H groups in total. The molecule has 0 saturated carbocycles. The van der Waals surface area contributed by atoms with Gasteiger partial charge in [0.15, 0.2) is 0 Å². The molecule has 0 aromatic heterocycles. The summed E-state index contributed by atoms with van der Waals surface area (Å²) < 4.78 is 0. The summed E-state index contributed by atoms with van der Waals surface area (Å²) in [6, 6.07) is 6.70. The van der Waals surface area contributed by atoms with Crippen LogP contribution >= 0.6 is 0 Å². The number of nitrogens with one attached hydrogen (secondary N) is 1. The zero-order chi connectivity index (χ0) is 12.1. The van der Waals surface area contributed by atoms with Gasteiger partial charge in [0, 0.05) is 12.5 Å². The predicted molar refractivity (Wildman–Crippen MR) is 69.5 cm³/mol. The lowest BCUT2D eigenvalue weighted by molar-refractivity contribution is 0.811. The molecule has 0 spiro atoms. The lowest BCUT2D eigenvalue weighted by atomic mass is 10.0. The monoisotopic (exact) mass is 219 g/mol. The van der Waals surface area contributed by atoms with Gasteiger partial charge in [0.05, 0.1) is 0 Å². The van der Waals surface area contributed by atoms with Gasteiger partial charge in [-0.1, -0.05) is 23.8 Å². The molecule has 0 amide bonds. The molecule has 0 saturated heterocycles. The molecule has 0 bridgehead atoms. The molecule has 0 aliphatic carbocycles. The van der Waals surface area contributed by atoms with E-state index >= 15 is 0 Å². The highest BCUT2D eigenvalue weighted by molar-refractivity contribution is 5.84. The summed E-state index contributed by atoms with van der Waals surface area (Å²) in [5.41, 5.74) is 6.49. The Bertz CT molecular complexity index is 381. The topological polar surface area (TPSA) is 50.4 Å². The number of benzene rings is 1. The molecule has 0 unspecified atom stereocenters. The minimum absolute atomic E-state index is 0.260. The van der Waals surface area contributed by atoms with Crippen molar-refractivity contribution >= 4 is 5.84 Å². The summed E-state index contributed by atoms with van der Waals surface area (Å²) >= 11 is 0. The molecule has 88 valence electrons. The van der Waals surface area contributed by atoms with Crippen LogP contribution in [0, 0.1) is 13.8 Å². The molecule has 1 aromatic carbocycles. The number of hydrazine groups is 1. The largest absolute Gasteiger partial charge is 0.312 e. The van der Waals surface area contributed by atoms with Gasteiger partial charge in [0.25, 0.3) is 0 Å². The highest BCUT2D eigenvalue weighted by Gasteiger charge is 2.04. The summed E-state index contributed by atoms with van der Waals surface area (Å²) in [4.78, 5) is 4.44. The van der Waals surface area contributed by atoms with Crippen LogP contribution in [0.15, 0.2) is 23.2 Å². The predicted octanol–water partition coefficient (Wildman–Crippen LogP) is 2.12. The smallest absolute Gasteiger partial charge is 0.115 e. The third kappa shape index (κ3) is 3.66. The Labute approximate surface area is 97.7 Å². The first-order chi connectivity index (χ1) is 7.52. The van der Waals surface area contributed by atoms with E-state index in [0.29, 0.717) is 0 Å². The van der Waals surface area contributed by atoms with Gasteiger partial charge in [-0.3, -0.25) is 4.99 Å². The molecular weight excluding hydrogens is 198 g/mol. The van der Waals surface area contributed by atoms with Gasteiger partial charge in [-0.25, -0.2) is 5.84 Å². The normalized spacial score (nSPS) is 12.0. The Morgan fingerprint density at radius 3 is 2.62 bits per heavy atom. The zero-order valence-corrected chi connectivity index (χ0v) is 10.5. The summed E-state index contributed by atoms with van der Waals surface area (Å²) in [7, 11) is 0. The van der Waals surface area contributed by atoms with Gasteiger partial charge in [0.1, 0.15) is 5.84 Å². The Hall–Kier alpha value is -1.35. The first kappa shape index (κ1) is 12.7. The minimum atomic E-state index is 0.260. The number of rotatable bonds is 3. The Morgan fingerprint density at radius 2 is 2.06 bits per heavy atom. The SMILES string of the molecule is Cc1ccc(C)c(CC(=NC(C)C)NN)c1. The number of hydrogen-bond donors (Lipinski definition) is 2. The van der Waals surface area contributed by atoms with Crippen molar-refractivity contribution in [2.24, 2.45) is 10.8 Å². The molecular formula is C13H21N3. The van der Waals surface area contributed by atoms with Crippen LogP contribution in [-0.4, -0.2) is 11.9 Å². The van der Waals surface area contributed by atoms with Gasteiger partial charge in [0.2, 0.25) is 0 Å². The van der Waals surface area contributed by atoms with E-state index < -0.39 is 0 Å². The Morgan fingerprint density at radius 1 is 1.38 bits per heavy atom. The standard InChI is InChI=1S/C13H21N3/c1-9(2)15-13(16-14)8-12-7-10(3)5-6-11(12)4/h5-7,9H,8,14H2,1-4H3,(H,15,16). The fraction of sp³-hybridized carbons (Fsp3) is 0.462. The second-order valence-electron chi connectivity index (χ2n) is 4.42. The number of hydrogen-bond acceptors (Lipinski definition) is 2. The lowest BCUT2D eigenvalue weighted by Crippen LogP contribution is -2.33. The minimum Gasteiger partial charge on any atom is -0.312 e. The van der Waals surface area contributed by atoms with Crippen LogP contribution < -0.4 is 11.3 Å². The zero-order valence-electron chi connectivity index (χ0n) is 10.5. The third-order valence-electron chi connectivity index (χ3n) is 2.44. The van der Waals surface area contributed by atoms with E-state index in [1.54, 1.807) is 0 Å². The van der Waals surface area contributed by atoms with Gasteiger partial charge in [-0.15, -0.1) is 0 Å². The highest BCUT2D eigenvalue weighted by Crippen LogP contribution is 2.11. The van der Waals surface area contributed by atoms with Crippen LogP contribution in [0.2, 0.25) is 0 Å². The molecule has 0 fully saturated rings. The van der Waals surface area contributed by atoms with E-state index in [9.17, 15) is 0 Å². The van der Waals surface area contributed by atoms with Gasteiger partial charge >= 0.3 is 0 Å². The molecule has 0 heterocycles. The first-order valence-corrected chi connectivity index (χ1v) is 5.62. The van der Waals surface area contributed by atoms with Crippen LogP contribution in [0.5, 0.6) is 0 Å². The summed E-state index contributed by atoms with van der Waals surface area (Å²) in [5, 5.41) is 0. The van der Waals surface area contributed by atoms with Crippen LogP contribution in [0.3, 0.4) is 0 Å².